The summed E-state index contributed by atoms with van der Waals surface area (Å²) in [6.45, 7) is 21.1. The van der Waals surface area contributed by atoms with E-state index in [4.69, 9.17) is 13.1 Å². The minimum absolute atomic E-state index is 0. The number of halogens is 1. The number of sulfone groups is 1. The van der Waals surface area contributed by atoms with Crippen molar-refractivity contribution in [2.45, 2.75) is 64.2 Å². The summed E-state index contributed by atoms with van der Waals surface area (Å²) in [5.74, 6) is 2.19. The van der Waals surface area contributed by atoms with Gasteiger partial charge in [-0.25, -0.2) is 21.6 Å². The molecule has 10 heteroatoms. The van der Waals surface area contributed by atoms with Crippen LogP contribution in [-0.2, 0) is 20.6 Å². The van der Waals surface area contributed by atoms with Crippen molar-refractivity contribution >= 4 is 33.0 Å². The minimum Gasteiger partial charge on any atom is -0.317 e. The molecule has 0 amide bonds. The molecule has 7 nitrogen and oxygen atoms in total. The molecule has 2 aliphatic rings. The zero-order valence-corrected chi connectivity index (χ0v) is 23.2. The number of unbranched alkanes of at least 4 members (excludes halogenated alkanes) is 2. The molecule has 0 saturated carbocycles. The van der Waals surface area contributed by atoms with Gasteiger partial charge in [0.15, 0.2) is 0 Å². The first-order valence-corrected chi connectivity index (χ1v) is 15.9. The van der Waals surface area contributed by atoms with Crippen LogP contribution >= 0.6 is 12.4 Å². The van der Waals surface area contributed by atoms with Gasteiger partial charge >= 0.3 is 0 Å². The van der Waals surface area contributed by atoms with Gasteiger partial charge in [0, 0.05) is 35.1 Å². The third-order valence-electron chi connectivity index (χ3n) is 6.04. The molecule has 2 saturated heterocycles. The molecule has 34 heavy (non-hydrogen) atoms. The number of hydrogen-bond acceptors (Lipinski definition) is 5. The van der Waals surface area contributed by atoms with Crippen molar-refractivity contribution < 1.29 is 12.6 Å². The van der Waals surface area contributed by atoms with Crippen LogP contribution in [-0.4, -0.2) is 97.8 Å². The van der Waals surface area contributed by atoms with Gasteiger partial charge in [-0.1, -0.05) is 0 Å². The molecule has 0 N–H and O–H groups in total. The highest BCUT2D eigenvalue weighted by Crippen LogP contribution is 2.09. The van der Waals surface area contributed by atoms with Crippen LogP contribution in [0, 0.1) is 13.1 Å². The molecule has 0 aromatic carbocycles. The first-order chi connectivity index (χ1) is 16.0. The largest absolute Gasteiger partial charge is 0.317 e. The molecular weight excluding hydrogens is 492 g/mol. The van der Waals surface area contributed by atoms with Crippen molar-refractivity contribution in [3.8, 4) is 0 Å². The average molecular weight is 537 g/mol. The fraction of sp³-hybridized carbons (Fsp3) is 0.917. The summed E-state index contributed by atoms with van der Waals surface area (Å²) >= 11 is 0. The standard InChI is InChI=1S/C12H22N2O2S.C12H22N2OS.ClH/c1-13-7-2-5-11-17(15,16)12-6-10-14-8-3-4-9-14;1-13-7-2-5-11-16(15)12-6-10-14-8-3-4-9-14;/h2-12H2;2-12H2;1H. The summed E-state index contributed by atoms with van der Waals surface area (Å²) in [7, 11) is -3.54. The van der Waals surface area contributed by atoms with E-state index < -0.39 is 20.6 Å². The zero-order valence-electron chi connectivity index (χ0n) is 20.8. The summed E-state index contributed by atoms with van der Waals surface area (Å²) in [5, 5.41) is 0. The summed E-state index contributed by atoms with van der Waals surface area (Å²) in [6, 6.07) is 0. The second kappa shape index (κ2) is 21.6. The third-order valence-corrected chi connectivity index (χ3v) is 9.35. The first kappa shape index (κ1) is 33.3. The Morgan fingerprint density at radius 2 is 1.12 bits per heavy atom. The Morgan fingerprint density at radius 1 is 0.676 bits per heavy atom. The number of nitrogens with zero attached hydrogens (tertiary/aromatic N) is 4. The van der Waals surface area contributed by atoms with E-state index in [0.29, 0.717) is 31.7 Å². The van der Waals surface area contributed by atoms with Crippen molar-refractivity contribution in [2.75, 3.05) is 75.4 Å². The highest BCUT2D eigenvalue weighted by molar-refractivity contribution is 7.91. The second-order valence-corrected chi connectivity index (χ2v) is 13.0. The van der Waals surface area contributed by atoms with Crippen LogP contribution in [0.3, 0.4) is 0 Å². The van der Waals surface area contributed by atoms with E-state index in [2.05, 4.69) is 19.5 Å². The lowest BCUT2D eigenvalue weighted by Gasteiger charge is -2.13. The molecular formula is C24H45ClN4O3S2. The van der Waals surface area contributed by atoms with Gasteiger partial charge in [-0.3, -0.25) is 4.21 Å². The monoisotopic (exact) mass is 536 g/mol. The molecule has 2 aliphatic heterocycles. The maximum atomic E-state index is 11.7. The van der Waals surface area contributed by atoms with Gasteiger partial charge < -0.3 is 19.5 Å². The highest BCUT2D eigenvalue weighted by Gasteiger charge is 2.14. The van der Waals surface area contributed by atoms with Gasteiger partial charge in [0.05, 0.1) is 11.5 Å². The van der Waals surface area contributed by atoms with Crippen molar-refractivity contribution in [2.24, 2.45) is 0 Å². The van der Waals surface area contributed by atoms with Crippen molar-refractivity contribution in [3.63, 3.8) is 0 Å². The van der Waals surface area contributed by atoms with E-state index in [1.165, 1.54) is 38.8 Å². The Kier molecular flexibility index (Phi) is 21.1. The van der Waals surface area contributed by atoms with Crippen molar-refractivity contribution in [1.82, 2.24) is 9.80 Å². The van der Waals surface area contributed by atoms with Crippen LogP contribution in [0.1, 0.15) is 64.2 Å². The summed E-state index contributed by atoms with van der Waals surface area (Å²) in [6.07, 6.45) is 10.2. The maximum absolute atomic E-state index is 11.7. The molecule has 0 spiro atoms. The molecule has 0 aliphatic carbocycles. The van der Waals surface area contributed by atoms with Crippen LogP contribution < -0.4 is 0 Å². The van der Waals surface area contributed by atoms with E-state index >= 15 is 0 Å². The predicted octanol–water partition coefficient (Wildman–Crippen LogP) is 3.93. The molecule has 1 unspecified atom stereocenters. The van der Waals surface area contributed by atoms with Gasteiger partial charge in [0.25, 0.3) is 0 Å². The summed E-state index contributed by atoms with van der Waals surface area (Å²) < 4.78 is 34.9. The molecule has 2 fully saturated rings. The molecule has 1 atom stereocenters. The fourth-order valence-corrected chi connectivity index (χ4v) is 6.74. The van der Waals surface area contributed by atoms with Crippen LogP contribution in [0.5, 0.6) is 0 Å². The lowest BCUT2D eigenvalue weighted by molar-refractivity contribution is 0.340. The fourth-order valence-electron chi connectivity index (χ4n) is 4.14. The quantitative estimate of drug-likeness (QED) is 0.221. The average Bonchev–Trinajstić information content (AvgIpc) is 3.49. The SMILES string of the molecule is Cl.[C-]#[N+]CCCCS(=O)(=O)CCCN1CCCC1.[C-]#[N+]CCCCS(=O)CCCN1CCCC1. The van der Waals surface area contributed by atoms with E-state index in [9.17, 15) is 12.6 Å². The molecule has 198 valence electrons. The topological polar surface area (TPSA) is 66.4 Å². The molecule has 0 bridgehead atoms. The Balaban J connectivity index is 0.000000623. The van der Waals surface area contributed by atoms with Gasteiger partial charge in [0.2, 0.25) is 13.1 Å². The van der Waals surface area contributed by atoms with Gasteiger partial charge in [-0.05, 0) is 90.6 Å². The molecule has 0 aromatic heterocycles. The Morgan fingerprint density at radius 3 is 1.65 bits per heavy atom. The second-order valence-electron chi connectivity index (χ2n) is 8.98. The van der Waals surface area contributed by atoms with E-state index in [1.807, 2.05) is 0 Å². The molecule has 0 radical (unpaired) electrons. The van der Waals surface area contributed by atoms with Crippen LogP contribution in [0.15, 0.2) is 0 Å². The van der Waals surface area contributed by atoms with Crippen LogP contribution in [0.4, 0.5) is 0 Å². The predicted molar refractivity (Wildman–Crippen MR) is 146 cm³/mol. The van der Waals surface area contributed by atoms with Crippen molar-refractivity contribution in [1.29, 1.82) is 0 Å². The Hall–Kier alpha value is -0.710. The first-order valence-electron chi connectivity index (χ1n) is 12.6. The smallest absolute Gasteiger partial charge is 0.214 e. The van der Waals surface area contributed by atoms with E-state index in [1.54, 1.807) is 0 Å². The lowest BCUT2D eigenvalue weighted by atomic mass is 10.3. The highest BCUT2D eigenvalue weighted by atomic mass is 35.5. The summed E-state index contributed by atoms with van der Waals surface area (Å²) in [5.41, 5.74) is 0. The molecule has 0 aromatic rings. The van der Waals surface area contributed by atoms with Crippen LogP contribution in [0.2, 0.25) is 0 Å². The normalized spacial score (nSPS) is 17.2. The van der Waals surface area contributed by atoms with Gasteiger partial charge in [-0.2, -0.15) is 0 Å². The molecule has 2 rings (SSSR count). The van der Waals surface area contributed by atoms with E-state index in [0.717, 1.165) is 63.4 Å². The van der Waals surface area contributed by atoms with Gasteiger partial charge in [0.1, 0.15) is 9.84 Å². The number of rotatable bonds is 16. The van der Waals surface area contributed by atoms with Crippen LogP contribution in [0.25, 0.3) is 9.69 Å². The maximum Gasteiger partial charge on any atom is 0.214 e. The lowest BCUT2D eigenvalue weighted by Crippen LogP contribution is -2.23. The number of likely N-dealkylation sites (tertiary alicyclic amines) is 2. The van der Waals surface area contributed by atoms with E-state index in [-0.39, 0.29) is 18.2 Å². The Bertz CT molecular complexity index is 711. The summed E-state index contributed by atoms with van der Waals surface area (Å²) in [4.78, 5) is 11.3. The number of hydrogen-bond donors (Lipinski definition) is 0. The Labute approximate surface area is 217 Å². The zero-order chi connectivity index (χ0) is 24.2. The molecule has 2 heterocycles. The third kappa shape index (κ3) is 18.6. The van der Waals surface area contributed by atoms with Crippen molar-refractivity contribution in [3.05, 3.63) is 22.8 Å². The van der Waals surface area contributed by atoms with Gasteiger partial charge in [-0.15, -0.1) is 12.4 Å². The minimum atomic E-state index is -2.88.